The number of rotatable bonds is 6. The number of para-hydroxylation sites is 1. The van der Waals surface area contributed by atoms with Crippen LogP contribution in [-0.2, 0) is 13.2 Å². The van der Waals surface area contributed by atoms with E-state index in [-0.39, 0.29) is 0 Å². The fraction of sp³-hybridized carbons (Fsp3) is 0.267. The summed E-state index contributed by atoms with van der Waals surface area (Å²) in [6.45, 7) is 4.20. The number of ether oxygens (including phenoxy) is 1. The fourth-order valence-electron chi connectivity index (χ4n) is 1.75. The van der Waals surface area contributed by atoms with Crippen LogP contribution in [0.4, 0.5) is 0 Å². The van der Waals surface area contributed by atoms with E-state index < -0.39 is 0 Å². The molecule has 100 valence electrons. The van der Waals surface area contributed by atoms with Crippen molar-refractivity contribution in [2.24, 2.45) is 0 Å². The van der Waals surface area contributed by atoms with Crippen molar-refractivity contribution < 1.29 is 4.74 Å². The SMILES string of the molecule is CCNCc1cccc(Cl)c1OCc1cccnc1. The Kier molecular flexibility index (Phi) is 5.19. The molecular weight excluding hydrogens is 260 g/mol. The molecule has 0 bridgehead atoms. The van der Waals surface area contributed by atoms with E-state index in [2.05, 4.69) is 17.2 Å². The van der Waals surface area contributed by atoms with Crippen LogP contribution in [0.1, 0.15) is 18.1 Å². The summed E-state index contributed by atoms with van der Waals surface area (Å²) in [6, 6.07) is 9.67. The molecule has 1 aromatic carbocycles. The maximum atomic E-state index is 6.21. The van der Waals surface area contributed by atoms with E-state index in [9.17, 15) is 0 Å². The molecule has 1 aromatic heterocycles. The van der Waals surface area contributed by atoms with Gasteiger partial charge in [-0.3, -0.25) is 4.98 Å². The van der Waals surface area contributed by atoms with E-state index in [1.165, 1.54) is 0 Å². The molecule has 2 rings (SSSR count). The van der Waals surface area contributed by atoms with Crippen LogP contribution in [0.25, 0.3) is 0 Å². The van der Waals surface area contributed by atoms with Gasteiger partial charge in [-0.25, -0.2) is 0 Å². The summed E-state index contributed by atoms with van der Waals surface area (Å²) < 4.78 is 5.84. The van der Waals surface area contributed by atoms with Crippen molar-refractivity contribution >= 4 is 11.6 Å². The Morgan fingerprint density at radius 3 is 2.89 bits per heavy atom. The van der Waals surface area contributed by atoms with Gasteiger partial charge in [0.15, 0.2) is 0 Å². The lowest BCUT2D eigenvalue weighted by Crippen LogP contribution is -2.13. The van der Waals surface area contributed by atoms with Crippen molar-refractivity contribution in [3.63, 3.8) is 0 Å². The van der Waals surface area contributed by atoms with Gasteiger partial charge < -0.3 is 10.1 Å². The number of nitrogens with one attached hydrogen (secondary N) is 1. The normalized spacial score (nSPS) is 10.4. The summed E-state index contributed by atoms with van der Waals surface area (Å²) >= 11 is 6.21. The molecule has 0 aliphatic carbocycles. The number of aromatic nitrogens is 1. The lowest BCUT2D eigenvalue weighted by molar-refractivity contribution is 0.302. The Balaban J connectivity index is 2.10. The summed E-state index contributed by atoms with van der Waals surface area (Å²) in [6.07, 6.45) is 3.54. The van der Waals surface area contributed by atoms with Crippen LogP contribution >= 0.6 is 11.6 Å². The summed E-state index contributed by atoms with van der Waals surface area (Å²) in [5, 5.41) is 3.92. The smallest absolute Gasteiger partial charge is 0.142 e. The lowest BCUT2D eigenvalue weighted by Gasteiger charge is -2.13. The van der Waals surface area contributed by atoms with Crippen molar-refractivity contribution in [1.29, 1.82) is 0 Å². The van der Waals surface area contributed by atoms with E-state index in [0.717, 1.165) is 30.0 Å². The van der Waals surface area contributed by atoms with Gasteiger partial charge >= 0.3 is 0 Å². The zero-order chi connectivity index (χ0) is 13.5. The molecular formula is C15H17ClN2O. The van der Waals surface area contributed by atoms with E-state index in [0.29, 0.717) is 11.6 Å². The molecule has 1 N–H and O–H groups in total. The molecule has 0 atom stereocenters. The summed E-state index contributed by atoms with van der Waals surface area (Å²) in [5.41, 5.74) is 2.09. The first-order valence-corrected chi connectivity index (χ1v) is 6.69. The third-order valence-corrected chi connectivity index (χ3v) is 3.02. The summed E-state index contributed by atoms with van der Waals surface area (Å²) in [5.74, 6) is 0.744. The summed E-state index contributed by atoms with van der Waals surface area (Å²) in [4.78, 5) is 4.07. The van der Waals surface area contributed by atoms with Crippen molar-refractivity contribution in [2.75, 3.05) is 6.54 Å². The van der Waals surface area contributed by atoms with E-state index in [1.54, 1.807) is 12.4 Å². The number of nitrogens with zero attached hydrogens (tertiary/aromatic N) is 1. The standard InChI is InChI=1S/C15H17ClN2O/c1-2-17-10-13-6-3-7-14(16)15(13)19-11-12-5-4-8-18-9-12/h3-9,17H,2,10-11H2,1H3. The highest BCUT2D eigenvalue weighted by molar-refractivity contribution is 6.32. The highest BCUT2D eigenvalue weighted by Gasteiger charge is 2.08. The zero-order valence-corrected chi connectivity index (χ0v) is 11.7. The van der Waals surface area contributed by atoms with Crippen LogP contribution in [0, 0.1) is 0 Å². The van der Waals surface area contributed by atoms with Gasteiger partial charge in [-0.2, -0.15) is 0 Å². The molecule has 19 heavy (non-hydrogen) atoms. The van der Waals surface area contributed by atoms with Gasteiger partial charge in [-0.05, 0) is 18.7 Å². The Morgan fingerprint density at radius 1 is 1.26 bits per heavy atom. The van der Waals surface area contributed by atoms with Gasteiger partial charge in [-0.1, -0.05) is 36.7 Å². The van der Waals surface area contributed by atoms with Gasteiger partial charge in [0.2, 0.25) is 0 Å². The molecule has 2 aromatic rings. The van der Waals surface area contributed by atoms with Crippen molar-refractivity contribution in [3.8, 4) is 5.75 Å². The average molecular weight is 277 g/mol. The Bertz CT molecular complexity index is 517. The monoisotopic (exact) mass is 276 g/mol. The molecule has 0 amide bonds. The maximum Gasteiger partial charge on any atom is 0.142 e. The minimum Gasteiger partial charge on any atom is -0.487 e. The minimum atomic E-state index is 0.469. The molecule has 0 unspecified atom stereocenters. The second kappa shape index (κ2) is 7.12. The molecule has 0 aliphatic heterocycles. The van der Waals surface area contributed by atoms with Crippen molar-refractivity contribution in [3.05, 3.63) is 58.9 Å². The Morgan fingerprint density at radius 2 is 2.16 bits per heavy atom. The van der Waals surface area contributed by atoms with Crippen LogP contribution < -0.4 is 10.1 Å². The van der Waals surface area contributed by atoms with Crippen LogP contribution in [0.3, 0.4) is 0 Å². The first-order chi connectivity index (χ1) is 9.31. The van der Waals surface area contributed by atoms with E-state index >= 15 is 0 Å². The number of pyridine rings is 1. The number of hydrogen-bond acceptors (Lipinski definition) is 3. The molecule has 4 heteroatoms. The Labute approximate surface area is 118 Å². The summed E-state index contributed by atoms with van der Waals surface area (Å²) in [7, 11) is 0. The highest BCUT2D eigenvalue weighted by Crippen LogP contribution is 2.29. The average Bonchev–Trinajstić information content (AvgIpc) is 2.45. The van der Waals surface area contributed by atoms with Gasteiger partial charge in [0.1, 0.15) is 12.4 Å². The third kappa shape index (κ3) is 3.94. The second-order valence-corrected chi connectivity index (χ2v) is 4.57. The first kappa shape index (κ1) is 13.8. The van der Waals surface area contributed by atoms with E-state index in [4.69, 9.17) is 16.3 Å². The van der Waals surface area contributed by atoms with E-state index in [1.807, 2.05) is 30.3 Å². The molecule has 0 saturated carbocycles. The molecule has 1 heterocycles. The van der Waals surface area contributed by atoms with Crippen molar-refractivity contribution in [1.82, 2.24) is 10.3 Å². The Hall–Kier alpha value is -1.58. The third-order valence-electron chi connectivity index (χ3n) is 2.72. The molecule has 0 radical (unpaired) electrons. The van der Waals surface area contributed by atoms with Crippen LogP contribution in [0.2, 0.25) is 5.02 Å². The number of halogens is 1. The van der Waals surface area contributed by atoms with Crippen LogP contribution in [0.5, 0.6) is 5.75 Å². The minimum absolute atomic E-state index is 0.469. The molecule has 0 saturated heterocycles. The molecule has 0 fully saturated rings. The lowest BCUT2D eigenvalue weighted by atomic mass is 10.2. The zero-order valence-electron chi connectivity index (χ0n) is 10.9. The van der Waals surface area contributed by atoms with Crippen LogP contribution in [0.15, 0.2) is 42.7 Å². The highest BCUT2D eigenvalue weighted by atomic mass is 35.5. The van der Waals surface area contributed by atoms with Gasteiger partial charge in [0, 0.05) is 30.1 Å². The molecule has 0 aliphatic rings. The largest absolute Gasteiger partial charge is 0.487 e. The fourth-order valence-corrected chi connectivity index (χ4v) is 2.00. The molecule has 0 spiro atoms. The number of benzene rings is 1. The maximum absolute atomic E-state index is 6.21. The van der Waals surface area contributed by atoms with Crippen LogP contribution in [-0.4, -0.2) is 11.5 Å². The van der Waals surface area contributed by atoms with Gasteiger partial charge in [0.05, 0.1) is 5.02 Å². The predicted molar refractivity (Wildman–Crippen MR) is 77.4 cm³/mol. The molecule has 3 nitrogen and oxygen atoms in total. The number of hydrogen-bond donors (Lipinski definition) is 1. The van der Waals surface area contributed by atoms with Crippen molar-refractivity contribution in [2.45, 2.75) is 20.1 Å². The predicted octanol–water partition coefficient (Wildman–Crippen LogP) is 3.42. The topological polar surface area (TPSA) is 34.1 Å². The first-order valence-electron chi connectivity index (χ1n) is 6.31. The second-order valence-electron chi connectivity index (χ2n) is 4.16. The van der Waals surface area contributed by atoms with Gasteiger partial charge in [-0.15, -0.1) is 0 Å². The quantitative estimate of drug-likeness (QED) is 0.878. The van der Waals surface area contributed by atoms with Gasteiger partial charge in [0.25, 0.3) is 0 Å².